The van der Waals surface area contributed by atoms with E-state index in [1.54, 1.807) is 12.1 Å². The fourth-order valence-electron chi connectivity index (χ4n) is 1.59. The molecule has 0 N–H and O–H groups in total. The lowest BCUT2D eigenvalue weighted by Crippen LogP contribution is -2.03. The Morgan fingerprint density at radius 2 is 2.14 bits per heavy atom. The first-order chi connectivity index (χ1) is 6.75. The molecule has 2 rings (SSSR count). The molecule has 1 nitrogen and oxygen atoms in total. The monoisotopic (exact) mass is 196 g/mol. The molecular formula is C11H10F2O. The van der Waals surface area contributed by atoms with Crippen molar-refractivity contribution in [2.45, 2.75) is 19.5 Å². The molecular weight excluding hydrogens is 186 g/mol. The maximum atomic E-state index is 11.9. The topological polar surface area (TPSA) is 9.23 Å². The van der Waals surface area contributed by atoms with E-state index in [0.29, 0.717) is 0 Å². The highest BCUT2D eigenvalue weighted by molar-refractivity contribution is 5.57. The van der Waals surface area contributed by atoms with Crippen LogP contribution in [0.2, 0.25) is 0 Å². The third-order valence-electron chi connectivity index (χ3n) is 2.22. The summed E-state index contributed by atoms with van der Waals surface area (Å²) < 4.78 is 28.2. The lowest BCUT2D eigenvalue weighted by atomic mass is 9.97. The molecule has 0 saturated heterocycles. The number of rotatable bonds is 2. The quantitative estimate of drug-likeness (QED) is 0.705. The maximum Gasteiger partial charge on any atom is 0.387 e. The van der Waals surface area contributed by atoms with Gasteiger partial charge in [0, 0.05) is 0 Å². The van der Waals surface area contributed by atoms with Crippen LogP contribution in [0, 0.1) is 0 Å². The second-order valence-electron chi connectivity index (χ2n) is 3.18. The minimum Gasteiger partial charge on any atom is -0.435 e. The van der Waals surface area contributed by atoms with Gasteiger partial charge >= 0.3 is 6.61 Å². The van der Waals surface area contributed by atoms with Crippen molar-refractivity contribution in [1.82, 2.24) is 0 Å². The molecule has 0 saturated carbocycles. The summed E-state index contributed by atoms with van der Waals surface area (Å²) in [7, 11) is 0. The zero-order chi connectivity index (χ0) is 9.97. The second-order valence-corrected chi connectivity index (χ2v) is 3.18. The third kappa shape index (κ3) is 1.92. The Hall–Kier alpha value is -1.38. The Bertz CT molecular complexity index is 358. The Balaban J connectivity index is 2.25. The minimum absolute atomic E-state index is 0.244. The molecule has 1 aromatic carbocycles. The summed E-state index contributed by atoms with van der Waals surface area (Å²) in [6, 6.07) is 5.06. The SMILES string of the molecule is FC(F)Oc1ccc2c(c1)CCC=C2. The highest BCUT2D eigenvalue weighted by atomic mass is 19.3. The molecule has 0 atom stereocenters. The van der Waals surface area contributed by atoms with Crippen molar-refractivity contribution in [3.63, 3.8) is 0 Å². The van der Waals surface area contributed by atoms with Crippen LogP contribution >= 0.6 is 0 Å². The normalized spacial score (nSPS) is 14.2. The third-order valence-corrected chi connectivity index (χ3v) is 2.22. The predicted molar refractivity (Wildman–Crippen MR) is 50.4 cm³/mol. The number of halogens is 2. The highest BCUT2D eigenvalue weighted by Gasteiger charge is 2.08. The summed E-state index contributed by atoms with van der Waals surface area (Å²) in [5.74, 6) is 0.244. The number of ether oxygens (including phenoxy) is 1. The van der Waals surface area contributed by atoms with Gasteiger partial charge in [-0.15, -0.1) is 0 Å². The van der Waals surface area contributed by atoms with Crippen molar-refractivity contribution < 1.29 is 13.5 Å². The van der Waals surface area contributed by atoms with E-state index in [2.05, 4.69) is 10.8 Å². The van der Waals surface area contributed by atoms with E-state index in [1.807, 2.05) is 12.1 Å². The van der Waals surface area contributed by atoms with Gasteiger partial charge in [0.1, 0.15) is 5.75 Å². The molecule has 1 aliphatic rings. The molecule has 0 aromatic heterocycles. The number of alkyl halides is 2. The van der Waals surface area contributed by atoms with E-state index in [9.17, 15) is 8.78 Å². The number of hydrogen-bond acceptors (Lipinski definition) is 1. The average Bonchev–Trinajstić information content (AvgIpc) is 2.17. The summed E-state index contributed by atoms with van der Waals surface area (Å²) in [6.45, 7) is -2.74. The minimum atomic E-state index is -2.74. The highest BCUT2D eigenvalue weighted by Crippen LogP contribution is 2.24. The van der Waals surface area contributed by atoms with E-state index in [-0.39, 0.29) is 5.75 Å². The molecule has 0 bridgehead atoms. The van der Waals surface area contributed by atoms with Crippen molar-refractivity contribution in [3.05, 3.63) is 35.4 Å². The first-order valence-corrected chi connectivity index (χ1v) is 4.50. The Morgan fingerprint density at radius 1 is 1.29 bits per heavy atom. The molecule has 74 valence electrons. The molecule has 0 heterocycles. The van der Waals surface area contributed by atoms with Gasteiger partial charge in [-0.2, -0.15) is 8.78 Å². The summed E-state index contributed by atoms with van der Waals surface area (Å²) in [4.78, 5) is 0. The van der Waals surface area contributed by atoms with E-state index < -0.39 is 6.61 Å². The van der Waals surface area contributed by atoms with Crippen LogP contribution in [0.5, 0.6) is 5.75 Å². The standard InChI is InChI=1S/C11H10F2O/c12-11(13)14-10-6-5-8-3-1-2-4-9(8)7-10/h1,3,5-7,11H,2,4H2. The molecule has 14 heavy (non-hydrogen) atoms. The molecule has 0 amide bonds. The summed E-state index contributed by atoms with van der Waals surface area (Å²) in [6.07, 6.45) is 5.94. The second kappa shape index (κ2) is 3.78. The number of fused-ring (bicyclic) bond motifs is 1. The van der Waals surface area contributed by atoms with Crippen LogP contribution in [-0.4, -0.2) is 6.61 Å². The first kappa shape index (κ1) is 9.19. The van der Waals surface area contributed by atoms with Crippen LogP contribution < -0.4 is 4.74 Å². The summed E-state index contributed by atoms with van der Waals surface area (Å²) in [5, 5.41) is 0. The fourth-order valence-corrected chi connectivity index (χ4v) is 1.59. The van der Waals surface area contributed by atoms with E-state index in [0.717, 1.165) is 24.0 Å². The van der Waals surface area contributed by atoms with E-state index >= 15 is 0 Å². The van der Waals surface area contributed by atoms with Gasteiger partial charge in [0.15, 0.2) is 0 Å². The largest absolute Gasteiger partial charge is 0.435 e. The smallest absolute Gasteiger partial charge is 0.387 e. The zero-order valence-electron chi connectivity index (χ0n) is 7.54. The Morgan fingerprint density at radius 3 is 2.93 bits per heavy atom. The molecule has 3 heteroatoms. The van der Waals surface area contributed by atoms with Crippen LogP contribution in [0.4, 0.5) is 8.78 Å². The molecule has 1 aliphatic carbocycles. The Labute approximate surface area is 81.0 Å². The van der Waals surface area contributed by atoms with Crippen LogP contribution in [0.1, 0.15) is 17.5 Å². The molecule has 0 fully saturated rings. The van der Waals surface area contributed by atoms with Crippen LogP contribution in [-0.2, 0) is 6.42 Å². The molecule has 0 radical (unpaired) electrons. The van der Waals surface area contributed by atoms with Crippen molar-refractivity contribution in [3.8, 4) is 5.75 Å². The number of aryl methyl sites for hydroxylation is 1. The summed E-state index contributed by atoms with van der Waals surface area (Å²) in [5.41, 5.74) is 2.17. The van der Waals surface area contributed by atoms with Gasteiger partial charge in [-0.25, -0.2) is 0 Å². The van der Waals surface area contributed by atoms with E-state index in [4.69, 9.17) is 0 Å². The number of allylic oxidation sites excluding steroid dienone is 1. The van der Waals surface area contributed by atoms with Crippen molar-refractivity contribution in [2.24, 2.45) is 0 Å². The maximum absolute atomic E-state index is 11.9. The Kier molecular flexibility index (Phi) is 2.48. The van der Waals surface area contributed by atoms with Gasteiger partial charge in [0.2, 0.25) is 0 Å². The lowest BCUT2D eigenvalue weighted by Gasteiger charge is -2.12. The van der Waals surface area contributed by atoms with Crippen LogP contribution in [0.25, 0.3) is 6.08 Å². The van der Waals surface area contributed by atoms with Crippen LogP contribution in [0.15, 0.2) is 24.3 Å². The van der Waals surface area contributed by atoms with Crippen molar-refractivity contribution in [1.29, 1.82) is 0 Å². The van der Waals surface area contributed by atoms with E-state index in [1.165, 1.54) is 0 Å². The van der Waals surface area contributed by atoms with Gasteiger partial charge in [0.25, 0.3) is 0 Å². The van der Waals surface area contributed by atoms with Crippen molar-refractivity contribution >= 4 is 6.08 Å². The van der Waals surface area contributed by atoms with Gasteiger partial charge in [-0.1, -0.05) is 18.2 Å². The molecule has 0 aliphatic heterocycles. The lowest BCUT2D eigenvalue weighted by molar-refractivity contribution is -0.0498. The first-order valence-electron chi connectivity index (χ1n) is 4.50. The average molecular weight is 196 g/mol. The summed E-state index contributed by atoms with van der Waals surface area (Å²) >= 11 is 0. The van der Waals surface area contributed by atoms with Crippen LogP contribution in [0.3, 0.4) is 0 Å². The zero-order valence-corrected chi connectivity index (χ0v) is 7.54. The van der Waals surface area contributed by atoms with Gasteiger partial charge < -0.3 is 4.74 Å². The van der Waals surface area contributed by atoms with Gasteiger partial charge in [0.05, 0.1) is 0 Å². The van der Waals surface area contributed by atoms with Gasteiger partial charge in [-0.3, -0.25) is 0 Å². The van der Waals surface area contributed by atoms with Gasteiger partial charge in [-0.05, 0) is 36.1 Å². The molecule has 0 unspecified atom stereocenters. The molecule has 0 spiro atoms. The number of benzene rings is 1. The van der Waals surface area contributed by atoms with Crippen molar-refractivity contribution in [2.75, 3.05) is 0 Å². The fraction of sp³-hybridized carbons (Fsp3) is 0.273. The number of hydrogen-bond donors (Lipinski definition) is 0. The molecule has 1 aromatic rings. The predicted octanol–water partition coefficient (Wildman–Crippen LogP) is 3.25.